The molecule has 31 heavy (non-hydrogen) atoms. The molecule has 0 saturated carbocycles. The Bertz CT molecular complexity index is 833. The largest absolute Gasteiger partial charge is 0.494 e. The minimum absolute atomic E-state index is 0.123. The van der Waals surface area contributed by atoms with E-state index < -0.39 is 0 Å². The quantitative estimate of drug-likeness (QED) is 0.598. The van der Waals surface area contributed by atoms with Crippen molar-refractivity contribution in [3.8, 4) is 5.75 Å². The van der Waals surface area contributed by atoms with E-state index in [2.05, 4.69) is 38.0 Å². The van der Waals surface area contributed by atoms with Crippen LogP contribution < -0.4 is 10.2 Å². The molecule has 0 N–H and O–H groups in total. The average molecular weight is 429 g/mol. The molecule has 2 saturated heterocycles. The van der Waals surface area contributed by atoms with Crippen LogP contribution in [0.1, 0.15) is 52.7 Å². The highest BCUT2D eigenvalue weighted by Gasteiger charge is 2.51. The molecule has 2 aliphatic rings. The van der Waals surface area contributed by atoms with Gasteiger partial charge in [0.2, 0.25) is 0 Å². The Labute approximate surface area is 184 Å². The van der Waals surface area contributed by atoms with Gasteiger partial charge in [0.15, 0.2) is 6.29 Å². The summed E-state index contributed by atoms with van der Waals surface area (Å²) in [6.07, 6.45) is 4.95. The van der Waals surface area contributed by atoms with Gasteiger partial charge in [-0.1, -0.05) is 17.3 Å². The van der Waals surface area contributed by atoms with E-state index in [9.17, 15) is 0 Å². The second-order valence-electron chi connectivity index (χ2n) is 9.09. The Morgan fingerprint density at radius 3 is 2.52 bits per heavy atom. The smallest absolute Gasteiger partial charge is 0.492 e. The number of rotatable bonds is 8. The first-order valence-electron chi connectivity index (χ1n) is 11.0. The highest BCUT2D eigenvalue weighted by molar-refractivity contribution is 6.62. The monoisotopic (exact) mass is 429 g/mol. The molecule has 9 heteroatoms. The molecule has 0 unspecified atom stereocenters. The van der Waals surface area contributed by atoms with E-state index in [1.165, 1.54) is 0 Å². The lowest BCUT2D eigenvalue weighted by molar-refractivity contribution is -0.169. The summed E-state index contributed by atoms with van der Waals surface area (Å²) in [6.45, 7) is 10.5. The molecule has 4 rings (SSSR count). The molecule has 2 fully saturated rings. The van der Waals surface area contributed by atoms with Crippen molar-refractivity contribution >= 4 is 12.6 Å². The first kappa shape index (κ1) is 22.3. The van der Waals surface area contributed by atoms with Crippen LogP contribution >= 0.6 is 0 Å². The zero-order valence-corrected chi connectivity index (χ0v) is 18.9. The van der Waals surface area contributed by atoms with Crippen molar-refractivity contribution in [2.75, 3.05) is 13.2 Å². The third kappa shape index (κ3) is 5.47. The van der Waals surface area contributed by atoms with Crippen LogP contribution in [0.2, 0.25) is 0 Å². The molecule has 2 aliphatic heterocycles. The number of ether oxygens (including phenoxy) is 3. The Kier molecular flexibility index (Phi) is 6.67. The maximum absolute atomic E-state index is 6.09. The van der Waals surface area contributed by atoms with Crippen LogP contribution in [0, 0.1) is 0 Å². The molecule has 168 valence electrons. The molecule has 3 heterocycles. The van der Waals surface area contributed by atoms with Crippen LogP contribution in [0.5, 0.6) is 5.75 Å². The zero-order chi connectivity index (χ0) is 21.9. The van der Waals surface area contributed by atoms with Crippen LogP contribution in [0.25, 0.3) is 0 Å². The van der Waals surface area contributed by atoms with Crippen molar-refractivity contribution < 1.29 is 23.5 Å². The normalized spacial score (nSPS) is 22.6. The molecule has 0 amide bonds. The summed E-state index contributed by atoms with van der Waals surface area (Å²) in [6, 6.07) is 7.84. The van der Waals surface area contributed by atoms with Gasteiger partial charge in [0.25, 0.3) is 0 Å². The Morgan fingerprint density at radius 2 is 1.84 bits per heavy atom. The van der Waals surface area contributed by atoms with Gasteiger partial charge in [-0.15, -0.1) is 5.10 Å². The van der Waals surface area contributed by atoms with Crippen LogP contribution in [-0.4, -0.2) is 52.8 Å². The van der Waals surface area contributed by atoms with E-state index in [1.54, 1.807) is 4.68 Å². The molecular weight excluding hydrogens is 397 g/mol. The van der Waals surface area contributed by atoms with Gasteiger partial charge in [0.1, 0.15) is 18.1 Å². The van der Waals surface area contributed by atoms with E-state index in [1.807, 2.05) is 30.5 Å². The van der Waals surface area contributed by atoms with Crippen molar-refractivity contribution in [1.29, 1.82) is 0 Å². The standard InChI is InChI=1S/C22H32BN3O5/c1-21(2)22(3,4)31-23(30-21)17-8-10-19(11-9-17)27-14-12-26-15-18(24-25-26)16-29-20-7-5-6-13-28-20/h8-11,15,20H,5-7,12-14,16H2,1-4H3/t20-/m0/s1. The molecule has 2 aromatic rings. The van der Waals surface area contributed by atoms with Crippen LogP contribution in [0.3, 0.4) is 0 Å². The first-order chi connectivity index (χ1) is 14.8. The maximum Gasteiger partial charge on any atom is 0.494 e. The maximum atomic E-state index is 6.09. The Balaban J connectivity index is 1.21. The molecule has 0 spiro atoms. The minimum Gasteiger partial charge on any atom is -0.492 e. The predicted octanol–water partition coefficient (Wildman–Crippen LogP) is 2.70. The van der Waals surface area contributed by atoms with E-state index >= 15 is 0 Å². The fraction of sp³-hybridized carbons (Fsp3) is 0.636. The van der Waals surface area contributed by atoms with Crippen LogP contribution in [0.15, 0.2) is 30.5 Å². The lowest BCUT2D eigenvalue weighted by Crippen LogP contribution is -2.41. The minimum atomic E-state index is -0.367. The first-order valence-corrected chi connectivity index (χ1v) is 11.0. The van der Waals surface area contributed by atoms with E-state index in [0.717, 1.165) is 42.8 Å². The van der Waals surface area contributed by atoms with Gasteiger partial charge in [0, 0.05) is 6.61 Å². The Hall–Kier alpha value is -1.94. The van der Waals surface area contributed by atoms with Gasteiger partial charge in [-0.05, 0) is 64.6 Å². The number of nitrogens with zero attached hydrogens (tertiary/aromatic N) is 3. The molecule has 1 atom stereocenters. The number of hydrogen-bond donors (Lipinski definition) is 0. The summed E-state index contributed by atoms with van der Waals surface area (Å²) >= 11 is 0. The van der Waals surface area contributed by atoms with E-state index in [0.29, 0.717) is 19.8 Å². The molecule has 0 aliphatic carbocycles. The summed E-state index contributed by atoms with van der Waals surface area (Å²) in [4.78, 5) is 0. The number of benzene rings is 1. The van der Waals surface area contributed by atoms with E-state index in [-0.39, 0.29) is 24.6 Å². The topological polar surface area (TPSA) is 76.9 Å². The second-order valence-corrected chi connectivity index (χ2v) is 9.09. The molecule has 8 nitrogen and oxygen atoms in total. The fourth-order valence-corrected chi connectivity index (χ4v) is 3.49. The third-order valence-corrected chi connectivity index (χ3v) is 6.14. The molecule has 1 aromatic heterocycles. The van der Waals surface area contributed by atoms with Crippen molar-refractivity contribution in [3.63, 3.8) is 0 Å². The Morgan fingerprint density at radius 1 is 1.10 bits per heavy atom. The highest BCUT2D eigenvalue weighted by Crippen LogP contribution is 2.36. The van der Waals surface area contributed by atoms with Gasteiger partial charge < -0.3 is 23.5 Å². The summed E-state index contributed by atoms with van der Waals surface area (Å²) in [7, 11) is -0.367. The van der Waals surface area contributed by atoms with Crippen molar-refractivity contribution in [3.05, 3.63) is 36.2 Å². The van der Waals surface area contributed by atoms with Gasteiger partial charge in [0.05, 0.1) is 30.6 Å². The summed E-state index contributed by atoms with van der Waals surface area (Å²) < 4.78 is 31.1. The van der Waals surface area contributed by atoms with Crippen LogP contribution in [-0.2, 0) is 31.9 Å². The van der Waals surface area contributed by atoms with Gasteiger partial charge >= 0.3 is 7.12 Å². The summed E-state index contributed by atoms with van der Waals surface area (Å²) in [5, 5.41) is 8.29. The number of aromatic nitrogens is 3. The van der Waals surface area contributed by atoms with Crippen molar-refractivity contribution in [2.24, 2.45) is 0 Å². The lowest BCUT2D eigenvalue weighted by Gasteiger charge is -2.32. The van der Waals surface area contributed by atoms with Crippen molar-refractivity contribution in [2.45, 2.75) is 77.6 Å². The van der Waals surface area contributed by atoms with Crippen molar-refractivity contribution in [1.82, 2.24) is 15.0 Å². The van der Waals surface area contributed by atoms with Gasteiger partial charge in [-0.2, -0.15) is 0 Å². The lowest BCUT2D eigenvalue weighted by atomic mass is 9.79. The van der Waals surface area contributed by atoms with E-state index in [4.69, 9.17) is 23.5 Å². The molecule has 0 radical (unpaired) electrons. The fourth-order valence-electron chi connectivity index (χ4n) is 3.49. The third-order valence-electron chi connectivity index (χ3n) is 6.14. The average Bonchev–Trinajstić information content (AvgIpc) is 3.28. The second kappa shape index (κ2) is 9.28. The van der Waals surface area contributed by atoms with Crippen LogP contribution in [0.4, 0.5) is 0 Å². The summed E-state index contributed by atoms with van der Waals surface area (Å²) in [5.74, 6) is 0.790. The zero-order valence-electron chi connectivity index (χ0n) is 18.9. The highest BCUT2D eigenvalue weighted by atomic mass is 16.7. The molecule has 0 bridgehead atoms. The summed E-state index contributed by atoms with van der Waals surface area (Å²) in [5.41, 5.74) is 1.07. The van der Waals surface area contributed by atoms with Gasteiger partial charge in [-0.25, -0.2) is 4.68 Å². The molecular formula is C22H32BN3O5. The van der Waals surface area contributed by atoms with Gasteiger partial charge in [-0.3, -0.25) is 0 Å². The molecule has 1 aromatic carbocycles. The number of hydrogen-bond acceptors (Lipinski definition) is 7. The SMILES string of the molecule is CC1(C)OB(c2ccc(OCCn3cc(CO[C@H]4CCCCO4)nn3)cc2)OC1(C)C. The predicted molar refractivity (Wildman–Crippen MR) is 116 cm³/mol.